The SMILES string of the molecule is CNCc1ccc(OC)c(OCc2cn3ccsc3n2)c1. The van der Waals surface area contributed by atoms with Gasteiger partial charge >= 0.3 is 0 Å². The second-order valence-electron chi connectivity index (χ2n) is 4.63. The van der Waals surface area contributed by atoms with Gasteiger partial charge in [0, 0.05) is 24.3 Å². The number of benzene rings is 1. The van der Waals surface area contributed by atoms with Gasteiger partial charge in [-0.25, -0.2) is 4.98 Å². The Balaban J connectivity index is 1.76. The molecule has 1 N–H and O–H groups in total. The molecule has 0 amide bonds. The van der Waals surface area contributed by atoms with Crippen LogP contribution in [-0.4, -0.2) is 23.5 Å². The molecule has 0 bridgehead atoms. The molecule has 21 heavy (non-hydrogen) atoms. The number of hydrogen-bond acceptors (Lipinski definition) is 5. The number of imidazole rings is 1. The van der Waals surface area contributed by atoms with E-state index in [9.17, 15) is 0 Å². The molecule has 5 nitrogen and oxygen atoms in total. The van der Waals surface area contributed by atoms with Gasteiger partial charge < -0.3 is 14.8 Å². The van der Waals surface area contributed by atoms with Crippen LogP contribution in [0.1, 0.15) is 11.3 Å². The standard InChI is InChI=1S/C15H17N3O2S/c1-16-8-11-3-4-13(19-2)14(7-11)20-10-12-9-18-5-6-21-15(18)17-12/h3-7,9,16H,8,10H2,1-2H3. The molecule has 0 fully saturated rings. The average molecular weight is 303 g/mol. The fourth-order valence-electron chi connectivity index (χ4n) is 2.15. The van der Waals surface area contributed by atoms with Gasteiger partial charge in [-0.2, -0.15) is 0 Å². The molecule has 1 aromatic carbocycles. The summed E-state index contributed by atoms with van der Waals surface area (Å²) >= 11 is 1.61. The van der Waals surface area contributed by atoms with Crippen molar-refractivity contribution in [2.75, 3.05) is 14.2 Å². The molecule has 110 valence electrons. The topological polar surface area (TPSA) is 47.8 Å². The number of methoxy groups -OCH3 is 1. The zero-order chi connectivity index (χ0) is 14.7. The van der Waals surface area contributed by atoms with Gasteiger partial charge in [0.15, 0.2) is 16.5 Å². The molecule has 0 atom stereocenters. The molecule has 6 heteroatoms. The van der Waals surface area contributed by atoms with Crippen LogP contribution in [0.15, 0.2) is 36.0 Å². The Morgan fingerprint density at radius 3 is 3.00 bits per heavy atom. The molecular weight excluding hydrogens is 286 g/mol. The van der Waals surface area contributed by atoms with Gasteiger partial charge in [-0.05, 0) is 24.7 Å². The molecule has 0 saturated carbocycles. The fraction of sp³-hybridized carbons (Fsp3) is 0.267. The van der Waals surface area contributed by atoms with Gasteiger partial charge in [0.25, 0.3) is 0 Å². The lowest BCUT2D eigenvalue weighted by molar-refractivity contribution is 0.281. The molecule has 0 aliphatic rings. The second kappa shape index (κ2) is 6.15. The smallest absolute Gasteiger partial charge is 0.193 e. The highest BCUT2D eigenvalue weighted by molar-refractivity contribution is 7.15. The zero-order valence-electron chi connectivity index (χ0n) is 12.0. The lowest BCUT2D eigenvalue weighted by atomic mass is 10.2. The summed E-state index contributed by atoms with van der Waals surface area (Å²) in [4.78, 5) is 5.48. The Labute approximate surface area is 127 Å². The van der Waals surface area contributed by atoms with Gasteiger partial charge in [0.2, 0.25) is 0 Å². The van der Waals surface area contributed by atoms with E-state index in [1.807, 2.05) is 47.4 Å². The normalized spacial score (nSPS) is 11.0. The predicted molar refractivity (Wildman–Crippen MR) is 83.2 cm³/mol. The number of nitrogens with zero attached hydrogens (tertiary/aromatic N) is 2. The van der Waals surface area contributed by atoms with Gasteiger partial charge in [-0.1, -0.05) is 6.07 Å². The van der Waals surface area contributed by atoms with Crippen LogP contribution >= 0.6 is 11.3 Å². The van der Waals surface area contributed by atoms with Crippen molar-refractivity contribution < 1.29 is 9.47 Å². The largest absolute Gasteiger partial charge is 0.493 e. The van der Waals surface area contributed by atoms with E-state index in [1.165, 1.54) is 0 Å². The summed E-state index contributed by atoms with van der Waals surface area (Å²) in [6, 6.07) is 5.94. The maximum atomic E-state index is 5.88. The molecule has 0 saturated heterocycles. The maximum Gasteiger partial charge on any atom is 0.193 e. The first-order chi connectivity index (χ1) is 10.3. The van der Waals surface area contributed by atoms with Crippen LogP contribution in [0.3, 0.4) is 0 Å². The number of thiazole rings is 1. The highest BCUT2D eigenvalue weighted by Crippen LogP contribution is 2.29. The highest BCUT2D eigenvalue weighted by atomic mass is 32.1. The Kier molecular flexibility index (Phi) is 4.08. The van der Waals surface area contributed by atoms with Crippen molar-refractivity contribution in [2.45, 2.75) is 13.2 Å². The maximum absolute atomic E-state index is 5.88. The first kappa shape index (κ1) is 13.9. The van der Waals surface area contributed by atoms with Crippen molar-refractivity contribution in [3.63, 3.8) is 0 Å². The molecule has 0 spiro atoms. The fourth-order valence-corrected chi connectivity index (χ4v) is 2.86. The molecule has 0 aliphatic heterocycles. The first-order valence-corrected chi connectivity index (χ1v) is 7.53. The van der Waals surface area contributed by atoms with Crippen LogP contribution in [0, 0.1) is 0 Å². The van der Waals surface area contributed by atoms with Crippen LogP contribution < -0.4 is 14.8 Å². The molecule has 2 aromatic heterocycles. The third-order valence-corrected chi connectivity index (χ3v) is 3.90. The Hall–Kier alpha value is -2.05. The van der Waals surface area contributed by atoms with E-state index in [1.54, 1.807) is 18.4 Å². The minimum atomic E-state index is 0.424. The van der Waals surface area contributed by atoms with E-state index in [2.05, 4.69) is 10.3 Å². The second-order valence-corrected chi connectivity index (χ2v) is 5.50. The summed E-state index contributed by atoms with van der Waals surface area (Å²) in [6.45, 7) is 1.22. The molecule has 3 aromatic rings. The van der Waals surface area contributed by atoms with E-state index < -0.39 is 0 Å². The van der Waals surface area contributed by atoms with Crippen molar-refractivity contribution in [1.82, 2.24) is 14.7 Å². The van der Waals surface area contributed by atoms with Crippen molar-refractivity contribution >= 4 is 16.3 Å². The van der Waals surface area contributed by atoms with Gasteiger partial charge in [0.1, 0.15) is 6.61 Å². The Morgan fingerprint density at radius 2 is 2.24 bits per heavy atom. The van der Waals surface area contributed by atoms with Crippen LogP contribution in [0.25, 0.3) is 4.96 Å². The predicted octanol–water partition coefficient (Wildman–Crippen LogP) is 2.70. The molecule has 0 aliphatic carbocycles. The third-order valence-electron chi connectivity index (χ3n) is 3.13. The summed E-state index contributed by atoms with van der Waals surface area (Å²) in [5, 5.41) is 5.14. The number of aromatic nitrogens is 2. The summed E-state index contributed by atoms with van der Waals surface area (Å²) in [6.07, 6.45) is 3.97. The Morgan fingerprint density at radius 1 is 1.33 bits per heavy atom. The highest BCUT2D eigenvalue weighted by Gasteiger charge is 2.08. The summed E-state index contributed by atoms with van der Waals surface area (Å²) in [5.41, 5.74) is 2.06. The van der Waals surface area contributed by atoms with Crippen LogP contribution in [0.4, 0.5) is 0 Å². The summed E-state index contributed by atoms with van der Waals surface area (Å²) in [5.74, 6) is 1.47. The van der Waals surface area contributed by atoms with E-state index in [0.717, 1.165) is 34.3 Å². The van der Waals surface area contributed by atoms with E-state index in [4.69, 9.17) is 9.47 Å². The average Bonchev–Trinajstić information content (AvgIpc) is 3.06. The van der Waals surface area contributed by atoms with Crippen molar-refractivity contribution in [2.24, 2.45) is 0 Å². The van der Waals surface area contributed by atoms with Crippen LogP contribution in [0.2, 0.25) is 0 Å². The summed E-state index contributed by atoms with van der Waals surface area (Å²) in [7, 11) is 3.56. The lowest BCUT2D eigenvalue weighted by Crippen LogP contribution is -2.06. The number of ether oxygens (including phenoxy) is 2. The molecular formula is C15H17N3O2S. The van der Waals surface area contributed by atoms with Crippen LogP contribution in [0.5, 0.6) is 11.5 Å². The van der Waals surface area contributed by atoms with E-state index >= 15 is 0 Å². The van der Waals surface area contributed by atoms with Gasteiger partial charge in [0.05, 0.1) is 12.8 Å². The van der Waals surface area contributed by atoms with Gasteiger partial charge in [-0.3, -0.25) is 4.40 Å². The van der Waals surface area contributed by atoms with Crippen LogP contribution in [-0.2, 0) is 13.2 Å². The number of hydrogen-bond donors (Lipinski definition) is 1. The summed E-state index contributed by atoms with van der Waals surface area (Å²) < 4.78 is 13.2. The number of rotatable bonds is 6. The van der Waals surface area contributed by atoms with E-state index in [-0.39, 0.29) is 0 Å². The quantitative estimate of drug-likeness (QED) is 0.760. The molecule has 0 radical (unpaired) electrons. The number of nitrogens with one attached hydrogen (secondary N) is 1. The monoisotopic (exact) mass is 303 g/mol. The Bertz CT molecular complexity index is 707. The lowest BCUT2D eigenvalue weighted by Gasteiger charge is -2.11. The molecule has 2 heterocycles. The van der Waals surface area contributed by atoms with Crippen molar-refractivity contribution in [1.29, 1.82) is 0 Å². The van der Waals surface area contributed by atoms with Gasteiger partial charge in [-0.15, -0.1) is 11.3 Å². The zero-order valence-corrected chi connectivity index (χ0v) is 12.8. The molecule has 3 rings (SSSR count). The first-order valence-electron chi connectivity index (χ1n) is 6.65. The molecule has 0 unspecified atom stereocenters. The van der Waals surface area contributed by atoms with Crippen molar-refractivity contribution in [3.05, 3.63) is 47.2 Å². The minimum absolute atomic E-state index is 0.424. The third kappa shape index (κ3) is 3.01. The minimum Gasteiger partial charge on any atom is -0.493 e. The number of fused-ring (bicyclic) bond motifs is 1. The van der Waals surface area contributed by atoms with Crippen molar-refractivity contribution in [3.8, 4) is 11.5 Å². The van der Waals surface area contributed by atoms with E-state index in [0.29, 0.717) is 6.61 Å².